The highest BCUT2D eigenvalue weighted by Gasteiger charge is 2.21. The molecule has 0 aromatic rings. The Morgan fingerprint density at radius 1 is 1.38 bits per heavy atom. The molecule has 1 unspecified atom stereocenters. The molecule has 16 heavy (non-hydrogen) atoms. The fourth-order valence-corrected chi connectivity index (χ4v) is 2.28. The van der Waals surface area contributed by atoms with Crippen LogP contribution in [0.2, 0.25) is 0 Å². The molecule has 0 radical (unpaired) electrons. The van der Waals surface area contributed by atoms with Crippen LogP contribution in [0.3, 0.4) is 0 Å². The monoisotopic (exact) mass is 228 g/mol. The molecule has 3 heteroatoms. The third kappa shape index (κ3) is 5.28. The molecule has 3 nitrogen and oxygen atoms in total. The van der Waals surface area contributed by atoms with Crippen molar-refractivity contribution in [3.63, 3.8) is 0 Å². The summed E-state index contributed by atoms with van der Waals surface area (Å²) in [5, 5.41) is 3.55. The van der Waals surface area contributed by atoms with E-state index in [0.29, 0.717) is 6.04 Å². The van der Waals surface area contributed by atoms with Gasteiger partial charge in [-0.05, 0) is 26.3 Å². The molecule has 0 spiro atoms. The zero-order valence-electron chi connectivity index (χ0n) is 11.2. The van der Waals surface area contributed by atoms with Crippen LogP contribution in [0.15, 0.2) is 0 Å². The van der Waals surface area contributed by atoms with Crippen molar-refractivity contribution < 1.29 is 4.74 Å². The van der Waals surface area contributed by atoms with Gasteiger partial charge in [-0.1, -0.05) is 20.3 Å². The van der Waals surface area contributed by atoms with Crippen molar-refractivity contribution in [2.24, 2.45) is 0 Å². The van der Waals surface area contributed by atoms with E-state index in [-0.39, 0.29) is 0 Å². The van der Waals surface area contributed by atoms with E-state index in [9.17, 15) is 0 Å². The molecule has 0 aromatic carbocycles. The van der Waals surface area contributed by atoms with Crippen LogP contribution < -0.4 is 5.32 Å². The molecule has 0 amide bonds. The van der Waals surface area contributed by atoms with E-state index in [1.54, 1.807) is 0 Å². The number of hydrogen-bond donors (Lipinski definition) is 1. The van der Waals surface area contributed by atoms with Gasteiger partial charge in [-0.25, -0.2) is 0 Å². The Morgan fingerprint density at radius 3 is 2.88 bits per heavy atom. The molecule has 1 saturated heterocycles. The zero-order chi connectivity index (χ0) is 11.8. The lowest BCUT2D eigenvalue weighted by Crippen LogP contribution is -2.47. The molecule has 0 aromatic heterocycles. The molecule has 1 atom stereocenters. The first-order chi connectivity index (χ1) is 7.74. The first-order valence-electron chi connectivity index (χ1n) is 6.79. The van der Waals surface area contributed by atoms with E-state index in [1.807, 2.05) is 0 Å². The Balaban J connectivity index is 2.26. The van der Waals surface area contributed by atoms with E-state index < -0.39 is 0 Å². The summed E-state index contributed by atoms with van der Waals surface area (Å²) in [6.07, 6.45) is 4.08. The lowest BCUT2D eigenvalue weighted by molar-refractivity contribution is 0.0764. The van der Waals surface area contributed by atoms with Crippen LogP contribution in [-0.2, 0) is 4.74 Å². The van der Waals surface area contributed by atoms with Gasteiger partial charge in [0, 0.05) is 31.8 Å². The highest BCUT2D eigenvalue weighted by molar-refractivity contribution is 4.79. The maximum absolute atomic E-state index is 5.45. The Kier molecular flexibility index (Phi) is 7.01. The molecule has 0 aliphatic carbocycles. The van der Waals surface area contributed by atoms with Crippen LogP contribution in [0, 0.1) is 0 Å². The van der Waals surface area contributed by atoms with E-state index in [2.05, 4.69) is 31.0 Å². The quantitative estimate of drug-likeness (QED) is 0.673. The third-order valence-corrected chi connectivity index (χ3v) is 3.24. The summed E-state index contributed by atoms with van der Waals surface area (Å²) in [6.45, 7) is 11.7. The fraction of sp³-hybridized carbons (Fsp3) is 1.00. The van der Waals surface area contributed by atoms with Gasteiger partial charge in [-0.15, -0.1) is 0 Å². The van der Waals surface area contributed by atoms with Crippen LogP contribution in [0.5, 0.6) is 0 Å². The summed E-state index contributed by atoms with van der Waals surface area (Å²) in [6, 6.07) is 1.31. The zero-order valence-corrected chi connectivity index (χ0v) is 11.2. The van der Waals surface area contributed by atoms with Crippen molar-refractivity contribution in [2.75, 3.05) is 32.8 Å². The third-order valence-electron chi connectivity index (χ3n) is 3.24. The highest BCUT2D eigenvalue weighted by atomic mass is 16.5. The second-order valence-electron chi connectivity index (χ2n) is 4.95. The van der Waals surface area contributed by atoms with Crippen molar-refractivity contribution in [3.05, 3.63) is 0 Å². The number of likely N-dealkylation sites (tertiary alicyclic amines) is 1. The van der Waals surface area contributed by atoms with Gasteiger partial charge in [-0.2, -0.15) is 0 Å². The van der Waals surface area contributed by atoms with Gasteiger partial charge in [0.15, 0.2) is 0 Å². The number of hydrogen-bond acceptors (Lipinski definition) is 3. The number of piperidine rings is 1. The summed E-state index contributed by atoms with van der Waals surface area (Å²) in [5.74, 6) is 0. The summed E-state index contributed by atoms with van der Waals surface area (Å²) in [4.78, 5) is 2.59. The van der Waals surface area contributed by atoms with E-state index in [1.165, 1.54) is 25.8 Å². The molecule has 1 aliphatic heterocycles. The average Bonchev–Trinajstić information content (AvgIpc) is 2.28. The Labute approximate surface area is 101 Å². The SMILES string of the molecule is CCOCCN1CCCCC1CNC(C)C. The van der Waals surface area contributed by atoms with Gasteiger partial charge in [-0.3, -0.25) is 4.90 Å². The molecule has 1 N–H and O–H groups in total. The smallest absolute Gasteiger partial charge is 0.0593 e. The van der Waals surface area contributed by atoms with Gasteiger partial charge in [0.25, 0.3) is 0 Å². The highest BCUT2D eigenvalue weighted by Crippen LogP contribution is 2.16. The molecular weight excluding hydrogens is 200 g/mol. The second kappa shape index (κ2) is 8.04. The lowest BCUT2D eigenvalue weighted by Gasteiger charge is -2.36. The molecule has 1 rings (SSSR count). The predicted octanol–water partition coefficient (Wildman–Crippen LogP) is 1.88. The predicted molar refractivity (Wildman–Crippen MR) is 68.8 cm³/mol. The standard InChI is InChI=1S/C13H28N2O/c1-4-16-10-9-15-8-6-5-7-13(15)11-14-12(2)3/h12-14H,4-11H2,1-3H3. The molecule has 1 aliphatic rings. The fourth-order valence-electron chi connectivity index (χ4n) is 2.28. The molecule has 0 saturated carbocycles. The van der Waals surface area contributed by atoms with Gasteiger partial charge in [0.05, 0.1) is 6.61 Å². The summed E-state index contributed by atoms with van der Waals surface area (Å²) < 4.78 is 5.45. The van der Waals surface area contributed by atoms with E-state index in [0.717, 1.165) is 32.3 Å². The van der Waals surface area contributed by atoms with Gasteiger partial charge in [0.2, 0.25) is 0 Å². The Morgan fingerprint density at radius 2 is 2.19 bits per heavy atom. The largest absolute Gasteiger partial charge is 0.380 e. The van der Waals surface area contributed by atoms with Crippen LogP contribution in [-0.4, -0.2) is 49.8 Å². The molecule has 1 heterocycles. The molecule has 96 valence electrons. The van der Waals surface area contributed by atoms with Crippen LogP contribution in [0.1, 0.15) is 40.0 Å². The summed E-state index contributed by atoms with van der Waals surface area (Å²) in [7, 11) is 0. The van der Waals surface area contributed by atoms with Gasteiger partial charge in [0.1, 0.15) is 0 Å². The first kappa shape index (κ1) is 13.9. The van der Waals surface area contributed by atoms with E-state index >= 15 is 0 Å². The average molecular weight is 228 g/mol. The van der Waals surface area contributed by atoms with Crippen molar-refractivity contribution in [1.29, 1.82) is 0 Å². The first-order valence-corrected chi connectivity index (χ1v) is 6.79. The van der Waals surface area contributed by atoms with Crippen molar-refractivity contribution >= 4 is 0 Å². The minimum atomic E-state index is 0.593. The van der Waals surface area contributed by atoms with Crippen molar-refractivity contribution in [1.82, 2.24) is 10.2 Å². The van der Waals surface area contributed by atoms with E-state index in [4.69, 9.17) is 4.74 Å². The van der Waals surface area contributed by atoms with Crippen LogP contribution in [0.25, 0.3) is 0 Å². The topological polar surface area (TPSA) is 24.5 Å². The Hall–Kier alpha value is -0.120. The van der Waals surface area contributed by atoms with Crippen molar-refractivity contribution in [3.8, 4) is 0 Å². The summed E-state index contributed by atoms with van der Waals surface area (Å²) >= 11 is 0. The van der Waals surface area contributed by atoms with Gasteiger partial charge >= 0.3 is 0 Å². The van der Waals surface area contributed by atoms with Crippen LogP contribution >= 0.6 is 0 Å². The summed E-state index contributed by atoms with van der Waals surface area (Å²) in [5.41, 5.74) is 0. The Bertz CT molecular complexity index is 173. The maximum Gasteiger partial charge on any atom is 0.0593 e. The number of rotatable bonds is 7. The number of nitrogens with zero attached hydrogens (tertiary/aromatic N) is 1. The second-order valence-corrected chi connectivity index (χ2v) is 4.95. The molecular formula is C13H28N2O. The van der Waals surface area contributed by atoms with Crippen LogP contribution in [0.4, 0.5) is 0 Å². The molecule has 0 bridgehead atoms. The maximum atomic E-state index is 5.45. The van der Waals surface area contributed by atoms with Crippen molar-refractivity contribution in [2.45, 2.75) is 52.1 Å². The minimum absolute atomic E-state index is 0.593. The molecule has 1 fully saturated rings. The number of nitrogens with one attached hydrogen (secondary N) is 1. The lowest BCUT2D eigenvalue weighted by atomic mass is 10.0. The van der Waals surface area contributed by atoms with Gasteiger partial charge < -0.3 is 10.1 Å². The minimum Gasteiger partial charge on any atom is -0.380 e. The number of ether oxygens (including phenoxy) is 1. The normalized spacial score (nSPS) is 22.9.